The van der Waals surface area contributed by atoms with E-state index in [1.165, 1.54) is 0 Å². The third-order valence-electron chi connectivity index (χ3n) is 3.41. The predicted molar refractivity (Wildman–Crippen MR) is 94.2 cm³/mol. The van der Waals surface area contributed by atoms with E-state index in [-0.39, 0.29) is 12.5 Å². The van der Waals surface area contributed by atoms with E-state index in [4.69, 9.17) is 4.74 Å². The molecule has 2 amide bonds. The average Bonchev–Trinajstić information content (AvgIpc) is 2.65. The van der Waals surface area contributed by atoms with E-state index < -0.39 is 18.5 Å². The number of aryl methyl sites for hydroxylation is 1. The fourth-order valence-corrected chi connectivity index (χ4v) is 2.11. The van der Waals surface area contributed by atoms with Gasteiger partial charge < -0.3 is 15.4 Å². The lowest BCUT2D eigenvalue weighted by atomic mass is 10.1. The molecule has 2 aromatic carbocycles. The van der Waals surface area contributed by atoms with Crippen molar-refractivity contribution in [3.63, 3.8) is 0 Å². The zero-order valence-corrected chi connectivity index (χ0v) is 14.0. The Morgan fingerprint density at radius 3 is 2.48 bits per heavy atom. The lowest BCUT2D eigenvalue weighted by Crippen LogP contribution is -2.32. The van der Waals surface area contributed by atoms with Crippen molar-refractivity contribution in [3.8, 4) is 0 Å². The molecule has 0 bridgehead atoms. The number of carbonyl (C=O) groups excluding carboxylic acids is 3. The van der Waals surface area contributed by atoms with Crippen molar-refractivity contribution in [1.82, 2.24) is 5.32 Å². The van der Waals surface area contributed by atoms with Crippen LogP contribution in [0, 0.1) is 0 Å². The standard InChI is InChI=1S/C19H20N2O4/c1-2-14-7-6-10-16(11-14)21-17(22)13-25-18(23)12-20-19(24)15-8-4-3-5-9-15/h3-11H,2,12-13H2,1H3,(H,20,24)(H,21,22). The highest BCUT2D eigenvalue weighted by molar-refractivity contribution is 5.96. The molecule has 0 saturated heterocycles. The van der Waals surface area contributed by atoms with Crippen molar-refractivity contribution < 1.29 is 19.1 Å². The summed E-state index contributed by atoms with van der Waals surface area (Å²) in [6.07, 6.45) is 0.861. The largest absolute Gasteiger partial charge is 0.454 e. The Morgan fingerprint density at radius 1 is 1.00 bits per heavy atom. The molecule has 0 aliphatic rings. The summed E-state index contributed by atoms with van der Waals surface area (Å²) in [5.74, 6) is -1.49. The lowest BCUT2D eigenvalue weighted by molar-refractivity contribution is -0.146. The molecule has 6 heteroatoms. The van der Waals surface area contributed by atoms with E-state index in [1.807, 2.05) is 25.1 Å². The zero-order valence-electron chi connectivity index (χ0n) is 14.0. The summed E-state index contributed by atoms with van der Waals surface area (Å²) in [5, 5.41) is 5.10. The molecule has 2 aromatic rings. The Morgan fingerprint density at radius 2 is 1.76 bits per heavy atom. The number of rotatable bonds is 7. The van der Waals surface area contributed by atoms with Crippen LogP contribution in [-0.4, -0.2) is 30.9 Å². The Labute approximate surface area is 146 Å². The van der Waals surface area contributed by atoms with E-state index in [1.54, 1.807) is 36.4 Å². The first-order valence-corrected chi connectivity index (χ1v) is 7.96. The number of carbonyl (C=O) groups is 3. The van der Waals surface area contributed by atoms with Gasteiger partial charge in [-0.05, 0) is 36.2 Å². The molecule has 2 rings (SSSR count). The van der Waals surface area contributed by atoms with Crippen LogP contribution in [-0.2, 0) is 20.7 Å². The van der Waals surface area contributed by atoms with Gasteiger partial charge in [0.2, 0.25) is 0 Å². The zero-order chi connectivity index (χ0) is 18.1. The normalized spacial score (nSPS) is 9.96. The van der Waals surface area contributed by atoms with Crippen LogP contribution in [0.3, 0.4) is 0 Å². The van der Waals surface area contributed by atoms with Gasteiger partial charge in [-0.3, -0.25) is 14.4 Å². The van der Waals surface area contributed by atoms with Crippen LogP contribution in [0.4, 0.5) is 5.69 Å². The fraction of sp³-hybridized carbons (Fsp3) is 0.211. The molecular formula is C19H20N2O4. The molecule has 130 valence electrons. The van der Waals surface area contributed by atoms with Crippen molar-refractivity contribution >= 4 is 23.5 Å². The second kappa shape index (κ2) is 9.22. The molecule has 0 aliphatic heterocycles. The molecule has 0 spiro atoms. The van der Waals surface area contributed by atoms with Gasteiger partial charge in [-0.2, -0.15) is 0 Å². The van der Waals surface area contributed by atoms with Crippen LogP contribution in [0.15, 0.2) is 54.6 Å². The minimum Gasteiger partial charge on any atom is -0.454 e. The van der Waals surface area contributed by atoms with Gasteiger partial charge in [0, 0.05) is 11.3 Å². The summed E-state index contributed by atoms with van der Waals surface area (Å²) in [4.78, 5) is 35.2. The predicted octanol–water partition coefficient (Wildman–Crippen LogP) is 2.16. The van der Waals surface area contributed by atoms with Crippen LogP contribution in [0.2, 0.25) is 0 Å². The van der Waals surface area contributed by atoms with Crippen LogP contribution >= 0.6 is 0 Å². The molecule has 0 aromatic heterocycles. The highest BCUT2D eigenvalue weighted by Crippen LogP contribution is 2.10. The van der Waals surface area contributed by atoms with Gasteiger partial charge in [0.05, 0.1) is 0 Å². The Hall–Kier alpha value is -3.15. The average molecular weight is 340 g/mol. The summed E-state index contributed by atoms with van der Waals surface area (Å²) in [7, 11) is 0. The molecule has 0 aliphatic carbocycles. The van der Waals surface area contributed by atoms with Crippen molar-refractivity contribution in [2.45, 2.75) is 13.3 Å². The maximum absolute atomic E-state index is 11.8. The maximum atomic E-state index is 11.8. The molecule has 0 fully saturated rings. The van der Waals surface area contributed by atoms with E-state index in [0.29, 0.717) is 11.3 Å². The maximum Gasteiger partial charge on any atom is 0.325 e. The van der Waals surface area contributed by atoms with Crippen molar-refractivity contribution in [3.05, 3.63) is 65.7 Å². The highest BCUT2D eigenvalue weighted by atomic mass is 16.5. The summed E-state index contributed by atoms with van der Waals surface area (Å²) in [6.45, 7) is 1.31. The summed E-state index contributed by atoms with van der Waals surface area (Å²) >= 11 is 0. The van der Waals surface area contributed by atoms with Crippen molar-refractivity contribution in [2.75, 3.05) is 18.5 Å². The molecule has 0 saturated carbocycles. The van der Waals surface area contributed by atoms with E-state index in [2.05, 4.69) is 10.6 Å². The van der Waals surface area contributed by atoms with Gasteiger partial charge in [-0.25, -0.2) is 0 Å². The Bertz CT molecular complexity index is 744. The van der Waals surface area contributed by atoms with E-state index >= 15 is 0 Å². The Kier molecular flexibility index (Phi) is 6.71. The number of esters is 1. The smallest absolute Gasteiger partial charge is 0.325 e. The monoisotopic (exact) mass is 340 g/mol. The van der Waals surface area contributed by atoms with E-state index in [9.17, 15) is 14.4 Å². The van der Waals surface area contributed by atoms with Crippen LogP contribution in [0.1, 0.15) is 22.8 Å². The number of anilines is 1. The molecule has 0 heterocycles. The summed E-state index contributed by atoms with van der Waals surface area (Å²) < 4.78 is 4.85. The van der Waals surface area contributed by atoms with Crippen LogP contribution in [0.25, 0.3) is 0 Å². The number of benzene rings is 2. The van der Waals surface area contributed by atoms with Crippen LogP contribution < -0.4 is 10.6 Å². The quantitative estimate of drug-likeness (QED) is 0.757. The van der Waals surface area contributed by atoms with Crippen molar-refractivity contribution in [1.29, 1.82) is 0 Å². The molecule has 2 N–H and O–H groups in total. The van der Waals surface area contributed by atoms with Gasteiger partial charge in [0.15, 0.2) is 6.61 Å². The molecule has 25 heavy (non-hydrogen) atoms. The number of amides is 2. The van der Waals surface area contributed by atoms with Crippen LogP contribution in [0.5, 0.6) is 0 Å². The minimum absolute atomic E-state index is 0.299. The SMILES string of the molecule is CCc1cccc(NC(=O)COC(=O)CNC(=O)c2ccccc2)c1. The number of nitrogens with one attached hydrogen (secondary N) is 2. The van der Waals surface area contributed by atoms with Gasteiger partial charge in [0.1, 0.15) is 6.54 Å². The molecule has 6 nitrogen and oxygen atoms in total. The molecule has 0 radical (unpaired) electrons. The minimum atomic E-state index is -0.679. The first-order valence-electron chi connectivity index (χ1n) is 7.96. The van der Waals surface area contributed by atoms with Gasteiger partial charge in [-0.1, -0.05) is 37.3 Å². The summed E-state index contributed by atoms with van der Waals surface area (Å²) in [6, 6.07) is 16.0. The molecule has 0 atom stereocenters. The lowest BCUT2D eigenvalue weighted by Gasteiger charge is -2.08. The highest BCUT2D eigenvalue weighted by Gasteiger charge is 2.10. The number of ether oxygens (including phenoxy) is 1. The first-order chi connectivity index (χ1) is 12.1. The second-order valence-corrected chi connectivity index (χ2v) is 5.31. The van der Waals surface area contributed by atoms with Gasteiger partial charge >= 0.3 is 5.97 Å². The third-order valence-corrected chi connectivity index (χ3v) is 3.41. The number of hydrogen-bond acceptors (Lipinski definition) is 4. The third kappa shape index (κ3) is 6.10. The van der Waals surface area contributed by atoms with Gasteiger partial charge in [-0.15, -0.1) is 0 Å². The van der Waals surface area contributed by atoms with Gasteiger partial charge in [0.25, 0.3) is 11.8 Å². The molecular weight excluding hydrogens is 320 g/mol. The number of hydrogen-bond donors (Lipinski definition) is 2. The topological polar surface area (TPSA) is 84.5 Å². The summed E-state index contributed by atoms with van der Waals surface area (Å²) in [5.41, 5.74) is 2.19. The van der Waals surface area contributed by atoms with E-state index in [0.717, 1.165) is 12.0 Å². The van der Waals surface area contributed by atoms with Crippen molar-refractivity contribution in [2.24, 2.45) is 0 Å². The molecule has 0 unspecified atom stereocenters. The first kappa shape index (κ1) is 18.2. The second-order valence-electron chi connectivity index (χ2n) is 5.31. The fourth-order valence-electron chi connectivity index (χ4n) is 2.11. The Balaban J connectivity index is 1.72.